The second-order valence-electron chi connectivity index (χ2n) is 5.75. The normalized spacial score (nSPS) is 11.3. The van der Waals surface area contributed by atoms with Gasteiger partial charge in [0.05, 0.1) is 18.4 Å². The number of carbonyl (C=O) groups excluding carboxylic acids is 1. The summed E-state index contributed by atoms with van der Waals surface area (Å²) in [5, 5.41) is 0. The van der Waals surface area contributed by atoms with Gasteiger partial charge in [-0.25, -0.2) is 4.98 Å². The molecule has 0 bridgehead atoms. The predicted octanol–water partition coefficient (Wildman–Crippen LogP) is 4.76. The van der Waals surface area contributed by atoms with Gasteiger partial charge in [0.15, 0.2) is 0 Å². The van der Waals surface area contributed by atoms with E-state index in [1.165, 1.54) is 11.2 Å². The first-order valence-electron chi connectivity index (χ1n) is 7.92. The highest BCUT2D eigenvalue weighted by molar-refractivity contribution is 5.94. The summed E-state index contributed by atoms with van der Waals surface area (Å²) in [6, 6.07) is 11.8. The van der Waals surface area contributed by atoms with Gasteiger partial charge in [0, 0.05) is 24.9 Å². The molecule has 0 saturated carbocycles. The number of aromatic nitrogens is 1. The van der Waals surface area contributed by atoms with Crippen molar-refractivity contribution in [2.24, 2.45) is 0 Å². The van der Waals surface area contributed by atoms with Crippen LogP contribution in [0.5, 0.6) is 11.6 Å². The number of carbonyl (C=O) groups is 1. The van der Waals surface area contributed by atoms with Crippen LogP contribution in [0, 0.1) is 0 Å². The average Bonchev–Trinajstić information content (AvgIpc) is 3.14. The topological polar surface area (TPSA) is 55.6 Å². The van der Waals surface area contributed by atoms with Crippen molar-refractivity contribution >= 4 is 5.91 Å². The average molecular weight is 376 g/mol. The van der Waals surface area contributed by atoms with E-state index >= 15 is 0 Å². The van der Waals surface area contributed by atoms with E-state index in [-0.39, 0.29) is 11.8 Å². The van der Waals surface area contributed by atoms with Crippen LogP contribution in [-0.4, -0.2) is 22.8 Å². The lowest BCUT2D eigenvalue weighted by Gasteiger charge is -2.16. The van der Waals surface area contributed by atoms with E-state index in [0.717, 1.165) is 12.1 Å². The zero-order valence-corrected chi connectivity index (χ0v) is 14.2. The summed E-state index contributed by atoms with van der Waals surface area (Å²) in [6.07, 6.45) is -2.21. The third kappa shape index (κ3) is 4.66. The lowest BCUT2D eigenvalue weighted by Crippen LogP contribution is -2.25. The zero-order chi connectivity index (χ0) is 19.4. The van der Waals surface area contributed by atoms with Crippen LogP contribution in [-0.2, 0) is 12.7 Å². The molecular formula is C19H15F3N2O3. The van der Waals surface area contributed by atoms with Crippen molar-refractivity contribution in [1.82, 2.24) is 9.88 Å². The maximum atomic E-state index is 12.5. The van der Waals surface area contributed by atoms with Crippen LogP contribution in [0.1, 0.15) is 21.7 Å². The maximum Gasteiger partial charge on any atom is 0.417 e. The Kier molecular flexibility index (Phi) is 5.16. The van der Waals surface area contributed by atoms with Crippen molar-refractivity contribution in [3.05, 3.63) is 77.9 Å². The van der Waals surface area contributed by atoms with Crippen LogP contribution in [0.15, 0.2) is 65.4 Å². The van der Waals surface area contributed by atoms with Gasteiger partial charge in [-0.05, 0) is 42.5 Å². The molecule has 0 aliphatic rings. The van der Waals surface area contributed by atoms with E-state index in [4.69, 9.17) is 9.15 Å². The number of hydrogen-bond acceptors (Lipinski definition) is 4. The molecule has 140 valence electrons. The SMILES string of the molecule is CN(Cc1ccco1)C(=O)c1ccc(Oc2ccc(C(F)(F)F)cn2)cc1. The van der Waals surface area contributed by atoms with Gasteiger partial charge in [-0.15, -0.1) is 0 Å². The number of ether oxygens (including phenoxy) is 1. The molecule has 2 heterocycles. The van der Waals surface area contributed by atoms with Gasteiger partial charge in [-0.3, -0.25) is 4.79 Å². The summed E-state index contributed by atoms with van der Waals surface area (Å²) in [5.74, 6) is 0.842. The molecule has 0 spiro atoms. The molecule has 0 aliphatic carbocycles. The standard InChI is InChI=1S/C19H15F3N2O3/c1-24(12-16-3-2-10-26-16)18(25)13-4-7-15(8-5-13)27-17-9-6-14(11-23-17)19(20,21)22/h2-11H,12H2,1H3. The number of amides is 1. The predicted molar refractivity (Wildman–Crippen MR) is 90.3 cm³/mol. The summed E-state index contributed by atoms with van der Waals surface area (Å²) >= 11 is 0. The minimum Gasteiger partial charge on any atom is -0.467 e. The molecule has 2 aromatic heterocycles. The molecule has 0 saturated heterocycles. The van der Waals surface area contributed by atoms with Gasteiger partial charge >= 0.3 is 6.18 Å². The number of alkyl halides is 3. The van der Waals surface area contributed by atoms with E-state index in [9.17, 15) is 18.0 Å². The number of halogens is 3. The fourth-order valence-corrected chi connectivity index (χ4v) is 2.32. The molecule has 0 fully saturated rings. The van der Waals surface area contributed by atoms with Crippen molar-refractivity contribution in [2.75, 3.05) is 7.05 Å². The molecule has 27 heavy (non-hydrogen) atoms. The van der Waals surface area contributed by atoms with Gasteiger partial charge < -0.3 is 14.1 Å². The molecule has 1 amide bonds. The minimum absolute atomic E-state index is 0.0250. The Balaban J connectivity index is 1.63. The van der Waals surface area contributed by atoms with Crippen LogP contribution in [0.3, 0.4) is 0 Å². The highest BCUT2D eigenvalue weighted by Crippen LogP contribution is 2.30. The van der Waals surface area contributed by atoms with Crippen LogP contribution in [0.2, 0.25) is 0 Å². The Hall–Kier alpha value is -3.29. The van der Waals surface area contributed by atoms with Crippen molar-refractivity contribution in [3.63, 3.8) is 0 Å². The van der Waals surface area contributed by atoms with Crippen LogP contribution in [0.4, 0.5) is 13.2 Å². The van der Waals surface area contributed by atoms with Crippen LogP contribution < -0.4 is 4.74 Å². The Morgan fingerprint density at radius 3 is 2.44 bits per heavy atom. The van der Waals surface area contributed by atoms with Gasteiger partial charge in [-0.1, -0.05) is 0 Å². The fourth-order valence-electron chi connectivity index (χ4n) is 2.32. The smallest absolute Gasteiger partial charge is 0.417 e. The number of rotatable bonds is 5. The summed E-state index contributed by atoms with van der Waals surface area (Å²) in [5.41, 5.74) is -0.410. The number of hydrogen-bond donors (Lipinski definition) is 0. The Morgan fingerprint density at radius 2 is 1.89 bits per heavy atom. The lowest BCUT2D eigenvalue weighted by atomic mass is 10.2. The highest BCUT2D eigenvalue weighted by Gasteiger charge is 2.30. The molecule has 3 rings (SSSR count). The summed E-state index contributed by atoms with van der Waals surface area (Å²) in [7, 11) is 1.65. The third-order valence-corrected chi connectivity index (χ3v) is 3.71. The van der Waals surface area contributed by atoms with Crippen molar-refractivity contribution in [2.45, 2.75) is 12.7 Å². The molecule has 0 atom stereocenters. The van der Waals surface area contributed by atoms with Crippen molar-refractivity contribution < 1.29 is 27.1 Å². The molecule has 0 N–H and O–H groups in total. The fraction of sp³-hybridized carbons (Fsp3) is 0.158. The first kappa shape index (κ1) is 18.5. The summed E-state index contributed by atoms with van der Waals surface area (Å²) in [4.78, 5) is 17.5. The molecule has 5 nitrogen and oxygen atoms in total. The minimum atomic E-state index is -4.45. The second-order valence-corrected chi connectivity index (χ2v) is 5.75. The van der Waals surface area contributed by atoms with Gasteiger partial charge in [0.25, 0.3) is 5.91 Å². The second kappa shape index (κ2) is 7.53. The number of pyridine rings is 1. The largest absolute Gasteiger partial charge is 0.467 e. The van der Waals surface area contributed by atoms with Crippen molar-refractivity contribution in [3.8, 4) is 11.6 Å². The van der Waals surface area contributed by atoms with Gasteiger partial charge in [0.1, 0.15) is 11.5 Å². The first-order chi connectivity index (χ1) is 12.8. The van der Waals surface area contributed by atoms with Crippen LogP contribution >= 0.6 is 0 Å². The lowest BCUT2D eigenvalue weighted by molar-refractivity contribution is -0.137. The Bertz CT molecular complexity index is 889. The Morgan fingerprint density at radius 1 is 1.15 bits per heavy atom. The molecule has 3 aromatic rings. The number of nitrogens with zero attached hydrogens (tertiary/aromatic N) is 2. The molecule has 0 aliphatic heterocycles. The monoisotopic (exact) mass is 376 g/mol. The summed E-state index contributed by atoms with van der Waals surface area (Å²) in [6.45, 7) is 0.333. The quantitative estimate of drug-likeness (QED) is 0.644. The number of benzene rings is 1. The molecule has 0 radical (unpaired) electrons. The Labute approximate surface area is 153 Å². The van der Waals surface area contributed by atoms with Gasteiger partial charge in [0.2, 0.25) is 5.88 Å². The van der Waals surface area contributed by atoms with Crippen LogP contribution in [0.25, 0.3) is 0 Å². The number of furan rings is 1. The van der Waals surface area contributed by atoms with E-state index in [1.807, 2.05) is 0 Å². The van der Waals surface area contributed by atoms with Crippen molar-refractivity contribution in [1.29, 1.82) is 0 Å². The summed E-state index contributed by atoms with van der Waals surface area (Å²) < 4.78 is 48.2. The third-order valence-electron chi connectivity index (χ3n) is 3.71. The molecule has 8 heteroatoms. The zero-order valence-electron chi connectivity index (χ0n) is 14.2. The first-order valence-corrected chi connectivity index (χ1v) is 7.92. The maximum absolute atomic E-state index is 12.5. The van der Waals surface area contributed by atoms with E-state index < -0.39 is 11.7 Å². The van der Waals surface area contributed by atoms with Gasteiger partial charge in [-0.2, -0.15) is 13.2 Å². The molecular weight excluding hydrogens is 361 g/mol. The van der Waals surface area contributed by atoms with E-state index in [0.29, 0.717) is 29.8 Å². The van der Waals surface area contributed by atoms with E-state index in [2.05, 4.69) is 4.98 Å². The molecule has 0 unspecified atom stereocenters. The molecule has 1 aromatic carbocycles. The van der Waals surface area contributed by atoms with E-state index in [1.54, 1.807) is 43.4 Å². The highest BCUT2D eigenvalue weighted by atomic mass is 19.4.